The molecule has 2 aliphatic rings. The molecule has 0 amide bonds. The fraction of sp³-hybridized carbons (Fsp3) is 0.208. The quantitative estimate of drug-likeness (QED) is 0.416. The summed E-state index contributed by atoms with van der Waals surface area (Å²) in [4.78, 5) is 9.49. The summed E-state index contributed by atoms with van der Waals surface area (Å²) in [5.41, 5.74) is 5.69. The van der Waals surface area contributed by atoms with E-state index in [1.165, 1.54) is 0 Å². The van der Waals surface area contributed by atoms with Crippen LogP contribution in [-0.4, -0.2) is 34.9 Å². The average molecular weight is 412 g/mol. The summed E-state index contributed by atoms with van der Waals surface area (Å²) in [6.07, 6.45) is 9.41. The van der Waals surface area contributed by atoms with Crippen molar-refractivity contribution in [3.8, 4) is 5.75 Å². The summed E-state index contributed by atoms with van der Waals surface area (Å²) < 4.78 is 5.81. The molecule has 2 aromatic carbocycles. The van der Waals surface area contributed by atoms with Crippen molar-refractivity contribution < 1.29 is 4.74 Å². The number of aromatic nitrogens is 2. The molecule has 0 spiro atoms. The summed E-state index contributed by atoms with van der Waals surface area (Å²) in [5, 5.41) is 15.1. The number of hydrogen-bond donors (Lipinski definition) is 3. The van der Waals surface area contributed by atoms with Gasteiger partial charge in [0.15, 0.2) is 5.84 Å². The lowest BCUT2D eigenvalue weighted by Crippen LogP contribution is -2.22. The van der Waals surface area contributed by atoms with Crippen LogP contribution >= 0.6 is 0 Å². The Hall–Kier alpha value is -3.87. The molecule has 0 aliphatic carbocycles. The summed E-state index contributed by atoms with van der Waals surface area (Å²) in [6.45, 7) is 3.62. The number of ether oxygens (including phenoxy) is 1. The molecule has 3 N–H and O–H groups in total. The van der Waals surface area contributed by atoms with E-state index in [4.69, 9.17) is 9.73 Å². The van der Waals surface area contributed by atoms with Crippen LogP contribution in [0.3, 0.4) is 0 Å². The van der Waals surface area contributed by atoms with Crippen molar-refractivity contribution in [1.29, 1.82) is 0 Å². The third-order valence-electron chi connectivity index (χ3n) is 5.30. The third-order valence-corrected chi connectivity index (χ3v) is 5.30. The summed E-state index contributed by atoms with van der Waals surface area (Å²) in [6, 6.07) is 12.2. The number of benzene rings is 2. The summed E-state index contributed by atoms with van der Waals surface area (Å²) in [5.74, 6) is 1.61. The molecule has 3 aromatic rings. The van der Waals surface area contributed by atoms with E-state index >= 15 is 0 Å². The summed E-state index contributed by atoms with van der Waals surface area (Å²) >= 11 is 0. The molecule has 0 atom stereocenters. The highest BCUT2D eigenvalue weighted by Gasteiger charge is 2.15. The van der Waals surface area contributed by atoms with Gasteiger partial charge in [0.05, 0.1) is 35.4 Å². The maximum atomic E-state index is 5.81. The highest BCUT2D eigenvalue weighted by atomic mass is 16.5. The second kappa shape index (κ2) is 8.47. The van der Waals surface area contributed by atoms with Gasteiger partial charge in [-0.2, -0.15) is 5.10 Å². The van der Waals surface area contributed by atoms with Crippen molar-refractivity contribution in [2.45, 2.75) is 19.8 Å². The smallest absolute Gasteiger partial charge is 0.153 e. The van der Waals surface area contributed by atoms with Gasteiger partial charge >= 0.3 is 0 Å². The number of H-pyrrole nitrogens is 1. The van der Waals surface area contributed by atoms with Gasteiger partial charge in [0, 0.05) is 35.8 Å². The Labute approximate surface area is 180 Å². The molecule has 0 unspecified atom stereocenters. The number of rotatable bonds is 4. The molecule has 7 nitrogen and oxygen atoms in total. The number of amidine groups is 1. The van der Waals surface area contributed by atoms with E-state index in [0.29, 0.717) is 0 Å². The molecule has 2 aliphatic heterocycles. The molecule has 0 fully saturated rings. The van der Waals surface area contributed by atoms with Crippen LogP contribution in [-0.2, 0) is 0 Å². The van der Waals surface area contributed by atoms with Crippen LogP contribution in [0.25, 0.3) is 16.6 Å². The lowest BCUT2D eigenvalue weighted by Gasteiger charge is -2.14. The van der Waals surface area contributed by atoms with Gasteiger partial charge in [-0.1, -0.05) is 24.3 Å². The van der Waals surface area contributed by atoms with E-state index in [9.17, 15) is 0 Å². The van der Waals surface area contributed by atoms with Crippen molar-refractivity contribution in [3.63, 3.8) is 0 Å². The number of aliphatic imine (C=N–C) groups is 2. The van der Waals surface area contributed by atoms with E-state index in [0.717, 1.165) is 76.8 Å². The fourth-order valence-electron chi connectivity index (χ4n) is 3.68. The first-order chi connectivity index (χ1) is 15.3. The number of aromatic amines is 1. The van der Waals surface area contributed by atoms with E-state index in [2.05, 4.69) is 44.0 Å². The number of fused-ring (bicyclic) bond motifs is 2. The second-order valence-corrected chi connectivity index (χ2v) is 7.44. The first-order valence-corrected chi connectivity index (χ1v) is 10.5. The largest absolute Gasteiger partial charge is 0.491 e. The van der Waals surface area contributed by atoms with Crippen molar-refractivity contribution in [2.75, 3.05) is 23.8 Å². The van der Waals surface area contributed by atoms with E-state index in [-0.39, 0.29) is 0 Å². The lowest BCUT2D eigenvalue weighted by molar-refractivity contribution is 0.323. The predicted molar refractivity (Wildman–Crippen MR) is 127 cm³/mol. The second-order valence-electron chi connectivity index (χ2n) is 7.44. The van der Waals surface area contributed by atoms with Gasteiger partial charge < -0.3 is 15.4 Å². The normalized spacial score (nSPS) is 16.4. The first kappa shape index (κ1) is 19.1. The van der Waals surface area contributed by atoms with Crippen LogP contribution in [0.4, 0.5) is 11.4 Å². The summed E-state index contributed by atoms with van der Waals surface area (Å²) in [7, 11) is 0. The zero-order valence-electron chi connectivity index (χ0n) is 17.4. The number of hydrogen-bond acceptors (Lipinski definition) is 5. The van der Waals surface area contributed by atoms with Gasteiger partial charge in [-0.15, -0.1) is 0 Å². The molecule has 1 aromatic heterocycles. The van der Waals surface area contributed by atoms with Crippen molar-refractivity contribution in [2.24, 2.45) is 9.98 Å². The van der Waals surface area contributed by atoms with E-state index in [1.807, 2.05) is 49.7 Å². The molecule has 3 heterocycles. The number of nitrogens with one attached hydrogen (secondary N) is 3. The van der Waals surface area contributed by atoms with Gasteiger partial charge in [0.1, 0.15) is 5.75 Å². The molecule has 0 radical (unpaired) electrons. The monoisotopic (exact) mass is 412 g/mol. The lowest BCUT2D eigenvalue weighted by atomic mass is 10.1. The Bertz CT molecular complexity index is 1230. The van der Waals surface area contributed by atoms with Gasteiger partial charge in [0.2, 0.25) is 0 Å². The maximum absolute atomic E-state index is 5.81. The van der Waals surface area contributed by atoms with E-state index < -0.39 is 0 Å². The van der Waals surface area contributed by atoms with Crippen molar-refractivity contribution in [1.82, 2.24) is 10.2 Å². The fourth-order valence-corrected chi connectivity index (χ4v) is 3.68. The van der Waals surface area contributed by atoms with Crippen LogP contribution in [0.1, 0.15) is 25.3 Å². The SMILES string of the molecule is C/C=C(\N=C(Nc1ccc2c(c1)NCCCO2)C1=NC=CC1)c1ccc2cn[nH]c2c1. The molecule has 0 saturated carbocycles. The van der Waals surface area contributed by atoms with Crippen LogP contribution in [0, 0.1) is 0 Å². The number of anilines is 2. The molecule has 156 valence electrons. The van der Waals surface area contributed by atoms with Crippen LogP contribution in [0.5, 0.6) is 5.75 Å². The van der Waals surface area contributed by atoms with Crippen LogP contribution < -0.4 is 15.4 Å². The van der Waals surface area contributed by atoms with Crippen molar-refractivity contribution in [3.05, 3.63) is 66.5 Å². The minimum absolute atomic E-state index is 0.729. The molecule has 0 bridgehead atoms. The molecule has 7 heteroatoms. The zero-order chi connectivity index (χ0) is 21.0. The molecular weight excluding hydrogens is 388 g/mol. The van der Waals surface area contributed by atoms with Gasteiger partial charge in [-0.3, -0.25) is 10.1 Å². The average Bonchev–Trinajstić information content (AvgIpc) is 3.44. The molecule has 5 rings (SSSR count). The predicted octanol–water partition coefficient (Wildman–Crippen LogP) is 4.99. The topological polar surface area (TPSA) is 86.7 Å². The molecular formula is C24H24N6O. The number of nitrogens with zero attached hydrogens (tertiary/aromatic N) is 3. The molecule has 31 heavy (non-hydrogen) atoms. The Morgan fingerprint density at radius 1 is 1.23 bits per heavy atom. The minimum Gasteiger partial charge on any atom is -0.491 e. The highest BCUT2D eigenvalue weighted by molar-refractivity contribution is 6.47. The van der Waals surface area contributed by atoms with Crippen LogP contribution in [0.2, 0.25) is 0 Å². The minimum atomic E-state index is 0.729. The number of allylic oxidation sites excluding steroid dienone is 2. The van der Waals surface area contributed by atoms with Crippen LogP contribution in [0.15, 0.2) is 70.9 Å². The molecule has 0 saturated heterocycles. The van der Waals surface area contributed by atoms with Gasteiger partial charge in [-0.05, 0) is 37.6 Å². The van der Waals surface area contributed by atoms with Gasteiger partial charge in [0.25, 0.3) is 0 Å². The Morgan fingerprint density at radius 3 is 3.06 bits per heavy atom. The highest BCUT2D eigenvalue weighted by Crippen LogP contribution is 2.30. The Morgan fingerprint density at radius 2 is 2.19 bits per heavy atom. The Balaban J connectivity index is 1.48. The Kier molecular flexibility index (Phi) is 5.22. The van der Waals surface area contributed by atoms with Crippen molar-refractivity contribution >= 4 is 39.5 Å². The standard InChI is InChI=1S/C24H24N6O/c1-2-19(16-6-7-17-15-27-30-21(17)13-16)29-24(20-5-3-10-25-20)28-18-8-9-23-22(14-18)26-11-4-12-31-23/h2-3,6-10,13-15,26H,4-5,11-12H2,1H3,(H,27,30)(H,28,29)/b19-2-. The van der Waals surface area contributed by atoms with E-state index in [1.54, 1.807) is 0 Å². The van der Waals surface area contributed by atoms with Gasteiger partial charge in [-0.25, -0.2) is 4.99 Å². The third kappa shape index (κ3) is 4.07. The first-order valence-electron chi connectivity index (χ1n) is 10.5. The zero-order valence-corrected chi connectivity index (χ0v) is 17.4. The maximum Gasteiger partial charge on any atom is 0.153 e.